The molecule has 2 unspecified atom stereocenters. The van der Waals surface area contributed by atoms with Gasteiger partial charge in [0.05, 0.1) is 5.97 Å². The van der Waals surface area contributed by atoms with Gasteiger partial charge in [-0.25, -0.2) is 0 Å². The van der Waals surface area contributed by atoms with Crippen molar-refractivity contribution in [2.75, 3.05) is 0 Å². The number of benzene rings is 2. The van der Waals surface area contributed by atoms with Crippen molar-refractivity contribution in [2.45, 2.75) is 38.5 Å². The van der Waals surface area contributed by atoms with Crippen LogP contribution in [0.2, 0.25) is 10.0 Å². The Hall–Kier alpha value is -1.51. The Kier molecular flexibility index (Phi) is 6.09. The van der Waals surface area contributed by atoms with E-state index in [2.05, 4.69) is 13.8 Å². The van der Waals surface area contributed by atoms with Crippen LogP contribution in [0.1, 0.15) is 60.0 Å². The van der Waals surface area contributed by atoms with Crippen LogP contribution in [0.25, 0.3) is 0 Å². The maximum atomic E-state index is 10.8. The molecule has 0 aliphatic carbocycles. The molecule has 23 heavy (non-hydrogen) atoms. The Balaban J connectivity index is 2.16. The fourth-order valence-electron chi connectivity index (χ4n) is 2.88. The van der Waals surface area contributed by atoms with E-state index in [9.17, 15) is 9.90 Å². The van der Waals surface area contributed by atoms with Crippen LogP contribution in [-0.2, 0) is 0 Å². The first-order valence-corrected chi connectivity index (χ1v) is 8.44. The van der Waals surface area contributed by atoms with Crippen molar-refractivity contribution in [3.63, 3.8) is 0 Å². The molecule has 0 aromatic heterocycles. The van der Waals surface area contributed by atoms with E-state index in [1.165, 1.54) is 0 Å². The van der Waals surface area contributed by atoms with Crippen LogP contribution in [0.4, 0.5) is 0 Å². The first kappa shape index (κ1) is 17.8. The normalized spacial score (nSPS) is 13.6. The number of carboxylic acid groups (broad SMARTS) is 1. The SMILES string of the molecule is CCC(CC(C)c1ccc(Cl)cc1Cl)c1ccc(C(=O)[O-])cc1. The summed E-state index contributed by atoms with van der Waals surface area (Å²) in [5.74, 6) is -0.524. The van der Waals surface area contributed by atoms with Crippen LogP contribution in [-0.4, -0.2) is 5.97 Å². The molecule has 0 saturated carbocycles. The maximum absolute atomic E-state index is 10.8. The lowest BCUT2D eigenvalue weighted by Crippen LogP contribution is -2.22. The third-order valence-corrected chi connectivity index (χ3v) is 4.80. The summed E-state index contributed by atoms with van der Waals surface area (Å²) >= 11 is 12.2. The molecule has 0 heterocycles. The standard InChI is InChI=1S/C19H20Cl2O2/c1-3-13(14-4-6-15(7-5-14)19(22)23)10-12(2)17-9-8-16(20)11-18(17)21/h4-9,11-13H,3,10H2,1-2H3,(H,22,23)/p-1. The molecule has 0 radical (unpaired) electrons. The third kappa shape index (κ3) is 4.49. The van der Waals surface area contributed by atoms with Crippen LogP contribution in [0.3, 0.4) is 0 Å². The van der Waals surface area contributed by atoms with Crippen LogP contribution >= 0.6 is 23.2 Å². The summed E-state index contributed by atoms with van der Waals surface area (Å²) in [5.41, 5.74) is 2.42. The van der Waals surface area contributed by atoms with E-state index in [1.54, 1.807) is 18.2 Å². The minimum Gasteiger partial charge on any atom is -0.545 e. The molecule has 122 valence electrons. The Morgan fingerprint density at radius 3 is 2.30 bits per heavy atom. The van der Waals surface area contributed by atoms with Gasteiger partial charge >= 0.3 is 0 Å². The van der Waals surface area contributed by atoms with E-state index in [0.29, 0.717) is 16.0 Å². The molecule has 2 atom stereocenters. The van der Waals surface area contributed by atoms with Crippen molar-refractivity contribution in [1.82, 2.24) is 0 Å². The molecule has 0 spiro atoms. The van der Waals surface area contributed by atoms with Crippen LogP contribution in [0.15, 0.2) is 42.5 Å². The van der Waals surface area contributed by atoms with E-state index in [-0.39, 0.29) is 11.5 Å². The zero-order valence-corrected chi connectivity index (χ0v) is 14.7. The fourth-order valence-corrected chi connectivity index (χ4v) is 3.48. The van der Waals surface area contributed by atoms with Crippen molar-refractivity contribution < 1.29 is 9.90 Å². The minimum absolute atomic E-state index is 0.206. The molecule has 0 aliphatic heterocycles. The topological polar surface area (TPSA) is 40.1 Å². The van der Waals surface area contributed by atoms with Crippen molar-refractivity contribution in [2.24, 2.45) is 0 Å². The quantitative estimate of drug-likeness (QED) is 0.732. The van der Waals surface area contributed by atoms with Gasteiger partial charge in [-0.2, -0.15) is 0 Å². The second-order valence-corrected chi connectivity index (χ2v) is 6.66. The van der Waals surface area contributed by atoms with Crippen LogP contribution in [0.5, 0.6) is 0 Å². The molecule has 0 bridgehead atoms. The second-order valence-electron chi connectivity index (χ2n) is 5.82. The summed E-state index contributed by atoms with van der Waals surface area (Å²) in [4.78, 5) is 10.8. The van der Waals surface area contributed by atoms with Crippen molar-refractivity contribution in [1.29, 1.82) is 0 Å². The van der Waals surface area contributed by atoms with Gasteiger partial charge in [-0.1, -0.05) is 67.4 Å². The van der Waals surface area contributed by atoms with Crippen molar-refractivity contribution >= 4 is 29.2 Å². The first-order chi connectivity index (χ1) is 10.9. The molecule has 0 aliphatic rings. The van der Waals surface area contributed by atoms with Gasteiger partial charge in [0.2, 0.25) is 0 Å². The summed E-state index contributed by atoms with van der Waals surface area (Å²) in [5, 5.41) is 12.2. The monoisotopic (exact) mass is 349 g/mol. The zero-order valence-electron chi connectivity index (χ0n) is 13.2. The predicted molar refractivity (Wildman–Crippen MR) is 93.3 cm³/mol. The number of aromatic carboxylic acids is 1. The van der Waals surface area contributed by atoms with Gasteiger partial charge in [-0.15, -0.1) is 0 Å². The van der Waals surface area contributed by atoms with Crippen molar-refractivity contribution in [3.05, 3.63) is 69.2 Å². The summed E-state index contributed by atoms with van der Waals surface area (Å²) in [7, 11) is 0. The number of hydrogen-bond acceptors (Lipinski definition) is 2. The minimum atomic E-state index is -1.15. The van der Waals surface area contributed by atoms with Gasteiger partial charge in [0.25, 0.3) is 0 Å². The molecule has 0 amide bonds. The molecule has 0 N–H and O–H groups in total. The number of halogens is 2. The highest BCUT2D eigenvalue weighted by molar-refractivity contribution is 6.35. The maximum Gasteiger partial charge on any atom is 0.0715 e. The molecule has 2 aromatic rings. The lowest BCUT2D eigenvalue weighted by molar-refractivity contribution is -0.255. The number of hydrogen-bond donors (Lipinski definition) is 0. The molecular weight excluding hydrogens is 331 g/mol. The molecular formula is C19H19Cl2O2-. The predicted octanol–water partition coefficient (Wildman–Crippen LogP) is 5.04. The lowest BCUT2D eigenvalue weighted by atomic mass is 9.84. The molecule has 2 nitrogen and oxygen atoms in total. The third-order valence-electron chi connectivity index (χ3n) is 4.24. The van der Waals surface area contributed by atoms with Crippen molar-refractivity contribution in [3.8, 4) is 0 Å². The van der Waals surface area contributed by atoms with E-state index < -0.39 is 5.97 Å². The Labute approximate surface area is 147 Å². The largest absolute Gasteiger partial charge is 0.545 e. The first-order valence-electron chi connectivity index (χ1n) is 7.68. The van der Waals surface area contributed by atoms with E-state index in [1.807, 2.05) is 24.3 Å². The summed E-state index contributed by atoms with van der Waals surface area (Å²) in [6.07, 6.45) is 1.91. The highest BCUT2D eigenvalue weighted by Crippen LogP contribution is 2.35. The van der Waals surface area contributed by atoms with Gasteiger partial charge in [0, 0.05) is 10.0 Å². The smallest absolute Gasteiger partial charge is 0.0715 e. The van der Waals surface area contributed by atoms with E-state index >= 15 is 0 Å². The number of carboxylic acids is 1. The summed E-state index contributed by atoms with van der Waals surface area (Å²) in [6.45, 7) is 4.28. The molecule has 4 heteroatoms. The fraction of sp³-hybridized carbons (Fsp3) is 0.316. The van der Waals surface area contributed by atoms with Gasteiger partial charge in [0.15, 0.2) is 0 Å². The number of carbonyl (C=O) groups excluding carboxylic acids is 1. The highest BCUT2D eigenvalue weighted by Gasteiger charge is 2.17. The molecule has 0 fully saturated rings. The highest BCUT2D eigenvalue weighted by atomic mass is 35.5. The average molecular weight is 350 g/mol. The van der Waals surface area contributed by atoms with Gasteiger partial charge in [0.1, 0.15) is 0 Å². The Morgan fingerprint density at radius 2 is 1.78 bits per heavy atom. The second kappa shape index (κ2) is 7.85. The van der Waals surface area contributed by atoms with Crippen LogP contribution < -0.4 is 5.11 Å². The molecule has 2 rings (SSSR count). The van der Waals surface area contributed by atoms with E-state index in [0.717, 1.165) is 24.0 Å². The zero-order chi connectivity index (χ0) is 17.0. The number of rotatable bonds is 6. The van der Waals surface area contributed by atoms with Gasteiger partial charge < -0.3 is 9.90 Å². The molecule has 0 saturated heterocycles. The van der Waals surface area contributed by atoms with Crippen LogP contribution in [0, 0.1) is 0 Å². The Bertz CT molecular complexity index is 680. The lowest BCUT2D eigenvalue weighted by Gasteiger charge is -2.22. The number of carbonyl (C=O) groups is 1. The average Bonchev–Trinajstić information content (AvgIpc) is 2.52. The van der Waals surface area contributed by atoms with E-state index in [4.69, 9.17) is 23.2 Å². The summed E-state index contributed by atoms with van der Waals surface area (Å²) in [6, 6.07) is 12.5. The Morgan fingerprint density at radius 1 is 1.13 bits per heavy atom. The van der Waals surface area contributed by atoms with Gasteiger partial charge in [-0.3, -0.25) is 0 Å². The van der Waals surface area contributed by atoms with Gasteiger partial charge in [-0.05, 0) is 53.5 Å². The molecule has 2 aromatic carbocycles. The summed E-state index contributed by atoms with van der Waals surface area (Å²) < 4.78 is 0.